The van der Waals surface area contributed by atoms with Gasteiger partial charge in [-0.05, 0) is 6.42 Å². The van der Waals surface area contributed by atoms with Gasteiger partial charge in [-0.2, -0.15) is 0 Å². The highest BCUT2D eigenvalue weighted by Gasteiger charge is 2.10. The molecule has 0 fully saturated rings. The maximum absolute atomic E-state index is 4.73. The van der Waals surface area contributed by atoms with Crippen molar-refractivity contribution in [2.75, 3.05) is 33.9 Å². The Bertz CT molecular complexity index is 215. The van der Waals surface area contributed by atoms with Gasteiger partial charge in [-0.3, -0.25) is 4.99 Å². The molecule has 0 atom stereocenters. The maximum Gasteiger partial charge on any atom is 0.195 e. The molecule has 0 amide bonds. The van der Waals surface area contributed by atoms with E-state index in [0.717, 1.165) is 18.7 Å². The lowest BCUT2D eigenvalue weighted by molar-refractivity contribution is 0.462. The Morgan fingerprint density at radius 1 is 1.06 bits per heavy atom. The molecule has 0 aliphatic heterocycles. The predicted molar refractivity (Wildman–Crippen MR) is 80.2 cm³/mol. The Hall–Kier alpha value is -0.513. The SMILES string of the molecule is CCCCCCN=C(N(C)C)N(C)C[Si](C)C. The van der Waals surface area contributed by atoms with Crippen LogP contribution in [0.2, 0.25) is 13.1 Å². The summed E-state index contributed by atoms with van der Waals surface area (Å²) in [6.45, 7) is 7.90. The first kappa shape index (κ1) is 16.5. The second kappa shape index (κ2) is 9.51. The Balaban J connectivity index is 4.16. The average molecular weight is 256 g/mol. The summed E-state index contributed by atoms with van der Waals surface area (Å²) in [5.41, 5.74) is 0. The zero-order valence-corrected chi connectivity index (χ0v) is 13.6. The highest BCUT2D eigenvalue weighted by Crippen LogP contribution is 2.01. The lowest BCUT2D eigenvalue weighted by Gasteiger charge is -2.27. The normalized spacial score (nSPS) is 12.1. The van der Waals surface area contributed by atoms with Crippen LogP contribution in [-0.2, 0) is 0 Å². The van der Waals surface area contributed by atoms with Crippen molar-refractivity contribution >= 4 is 14.8 Å². The first-order valence-electron chi connectivity index (χ1n) is 6.71. The molecule has 0 rings (SSSR count). The first-order valence-corrected chi connectivity index (χ1v) is 9.41. The van der Waals surface area contributed by atoms with Crippen molar-refractivity contribution in [1.82, 2.24) is 9.80 Å². The van der Waals surface area contributed by atoms with E-state index >= 15 is 0 Å². The Labute approximate surface area is 110 Å². The van der Waals surface area contributed by atoms with Gasteiger partial charge in [-0.1, -0.05) is 39.3 Å². The number of hydrogen-bond acceptors (Lipinski definition) is 1. The lowest BCUT2D eigenvalue weighted by Crippen LogP contribution is -2.42. The van der Waals surface area contributed by atoms with Crippen molar-refractivity contribution < 1.29 is 0 Å². The van der Waals surface area contributed by atoms with E-state index in [0.29, 0.717) is 0 Å². The van der Waals surface area contributed by atoms with Crippen molar-refractivity contribution in [2.24, 2.45) is 4.99 Å². The topological polar surface area (TPSA) is 18.8 Å². The van der Waals surface area contributed by atoms with Crippen LogP contribution in [0.1, 0.15) is 32.6 Å². The maximum atomic E-state index is 4.73. The van der Waals surface area contributed by atoms with E-state index in [-0.39, 0.29) is 8.80 Å². The highest BCUT2D eigenvalue weighted by molar-refractivity contribution is 6.56. The van der Waals surface area contributed by atoms with Gasteiger partial charge in [0.2, 0.25) is 0 Å². The van der Waals surface area contributed by atoms with Crippen LogP contribution < -0.4 is 0 Å². The smallest absolute Gasteiger partial charge is 0.195 e. The monoisotopic (exact) mass is 256 g/mol. The van der Waals surface area contributed by atoms with E-state index in [1.807, 2.05) is 0 Å². The average Bonchev–Trinajstić information content (AvgIpc) is 2.21. The molecule has 0 aromatic rings. The van der Waals surface area contributed by atoms with E-state index in [4.69, 9.17) is 4.99 Å². The zero-order valence-electron chi connectivity index (χ0n) is 12.6. The summed E-state index contributed by atoms with van der Waals surface area (Å²) >= 11 is 0. The molecule has 0 bridgehead atoms. The number of guanidine groups is 1. The van der Waals surface area contributed by atoms with Crippen LogP contribution in [0, 0.1) is 0 Å². The molecule has 0 aliphatic carbocycles. The number of unbranched alkanes of at least 4 members (excludes halogenated alkanes) is 3. The van der Waals surface area contributed by atoms with Crippen LogP contribution in [0.5, 0.6) is 0 Å². The number of aliphatic imine (C=N–C) groups is 1. The van der Waals surface area contributed by atoms with E-state index in [9.17, 15) is 0 Å². The third kappa shape index (κ3) is 8.24. The molecule has 0 N–H and O–H groups in total. The van der Waals surface area contributed by atoms with Gasteiger partial charge in [-0.15, -0.1) is 0 Å². The summed E-state index contributed by atoms with van der Waals surface area (Å²) in [5.74, 6) is 1.13. The minimum Gasteiger partial charge on any atom is -0.349 e. The van der Waals surface area contributed by atoms with E-state index in [1.54, 1.807) is 0 Å². The van der Waals surface area contributed by atoms with Gasteiger partial charge in [0.15, 0.2) is 5.96 Å². The van der Waals surface area contributed by atoms with E-state index < -0.39 is 0 Å². The fourth-order valence-corrected chi connectivity index (χ4v) is 2.96. The molecular weight excluding hydrogens is 226 g/mol. The summed E-state index contributed by atoms with van der Waals surface area (Å²) in [6, 6.07) is 0. The minimum atomic E-state index is -0.231. The summed E-state index contributed by atoms with van der Waals surface area (Å²) in [4.78, 5) is 9.16. The third-order valence-corrected chi connectivity index (χ3v) is 3.67. The van der Waals surface area contributed by atoms with E-state index in [2.05, 4.69) is 51.0 Å². The molecule has 0 aromatic carbocycles. The molecule has 0 heterocycles. The quantitative estimate of drug-likeness (QED) is 0.302. The number of hydrogen-bond donors (Lipinski definition) is 0. The number of nitrogens with zero attached hydrogens (tertiary/aromatic N) is 3. The fourth-order valence-electron chi connectivity index (χ4n) is 1.87. The van der Waals surface area contributed by atoms with E-state index in [1.165, 1.54) is 25.7 Å². The molecule has 17 heavy (non-hydrogen) atoms. The lowest BCUT2D eigenvalue weighted by atomic mass is 10.2. The molecule has 0 saturated carbocycles. The summed E-state index contributed by atoms with van der Waals surface area (Å²) in [5, 5.41) is 0. The van der Waals surface area contributed by atoms with Crippen LogP contribution in [-0.4, -0.2) is 58.4 Å². The van der Waals surface area contributed by atoms with Crippen molar-refractivity contribution in [3.8, 4) is 0 Å². The van der Waals surface area contributed by atoms with Crippen molar-refractivity contribution in [2.45, 2.75) is 45.7 Å². The van der Waals surface area contributed by atoms with Crippen molar-refractivity contribution in [3.05, 3.63) is 0 Å². The van der Waals surface area contributed by atoms with Gasteiger partial charge < -0.3 is 9.80 Å². The molecule has 0 spiro atoms. The third-order valence-electron chi connectivity index (χ3n) is 2.56. The second-order valence-corrected chi connectivity index (χ2v) is 7.93. The summed E-state index contributed by atoms with van der Waals surface area (Å²) < 4.78 is 0. The number of rotatable bonds is 7. The molecule has 1 radical (unpaired) electrons. The van der Waals surface area contributed by atoms with Gasteiger partial charge >= 0.3 is 0 Å². The fraction of sp³-hybridized carbons (Fsp3) is 0.923. The Morgan fingerprint density at radius 3 is 2.18 bits per heavy atom. The van der Waals surface area contributed by atoms with Crippen LogP contribution in [0.4, 0.5) is 0 Å². The highest BCUT2D eigenvalue weighted by atomic mass is 28.3. The van der Waals surface area contributed by atoms with Gasteiger partial charge in [-0.25, -0.2) is 0 Å². The van der Waals surface area contributed by atoms with Crippen LogP contribution >= 0.6 is 0 Å². The second-order valence-electron chi connectivity index (χ2n) is 5.20. The molecule has 4 heteroatoms. The molecule has 3 nitrogen and oxygen atoms in total. The minimum absolute atomic E-state index is 0.231. The van der Waals surface area contributed by atoms with Crippen molar-refractivity contribution in [3.63, 3.8) is 0 Å². The molecule has 0 saturated heterocycles. The molecular formula is C13H30N3Si. The molecule has 0 unspecified atom stereocenters. The van der Waals surface area contributed by atoms with Gasteiger partial charge in [0, 0.05) is 33.9 Å². The van der Waals surface area contributed by atoms with Gasteiger partial charge in [0.25, 0.3) is 0 Å². The molecule has 101 valence electrons. The summed E-state index contributed by atoms with van der Waals surface area (Å²) in [7, 11) is 6.09. The molecule has 0 aliphatic rings. The first-order chi connectivity index (χ1) is 7.99. The van der Waals surface area contributed by atoms with Gasteiger partial charge in [0.05, 0.1) is 8.80 Å². The zero-order chi connectivity index (χ0) is 13.3. The standard InChI is InChI=1S/C13H30N3Si/c1-7-8-9-10-11-14-13(15(2)3)16(4)12-17(5)6/h7-12H2,1-6H3. The van der Waals surface area contributed by atoms with Crippen LogP contribution in [0.15, 0.2) is 4.99 Å². The summed E-state index contributed by atoms with van der Waals surface area (Å²) in [6.07, 6.45) is 6.31. The van der Waals surface area contributed by atoms with Crippen LogP contribution in [0.3, 0.4) is 0 Å². The Morgan fingerprint density at radius 2 is 1.71 bits per heavy atom. The predicted octanol–water partition coefficient (Wildman–Crippen LogP) is 2.71. The van der Waals surface area contributed by atoms with Gasteiger partial charge in [0.1, 0.15) is 0 Å². The molecule has 0 aromatic heterocycles. The van der Waals surface area contributed by atoms with Crippen LogP contribution in [0.25, 0.3) is 0 Å². The Kier molecular flexibility index (Phi) is 9.22. The van der Waals surface area contributed by atoms with Crippen molar-refractivity contribution in [1.29, 1.82) is 0 Å². The largest absolute Gasteiger partial charge is 0.349 e.